The Hall–Kier alpha value is -2.08. The molecule has 0 unspecified atom stereocenters. The number of carbonyl (C=O) groups excluding carboxylic acids is 2. The van der Waals surface area contributed by atoms with E-state index in [-0.39, 0.29) is 12.0 Å². The minimum absolute atomic E-state index is 0.0320. The van der Waals surface area contributed by atoms with Crippen molar-refractivity contribution in [1.82, 2.24) is 15.5 Å². The zero-order valence-electron chi connectivity index (χ0n) is 15.4. The quantitative estimate of drug-likeness (QED) is 0.827. The summed E-state index contributed by atoms with van der Waals surface area (Å²) in [7, 11) is 0. The Bertz CT molecular complexity index is 569. The predicted molar refractivity (Wildman–Crippen MR) is 97.1 cm³/mol. The molecule has 1 aromatic rings. The molecule has 0 bridgehead atoms. The molecule has 2 rings (SSSR count). The van der Waals surface area contributed by atoms with Crippen molar-refractivity contribution >= 4 is 12.0 Å². The minimum Gasteiger partial charge on any atom is -0.444 e. The molecule has 1 aliphatic rings. The number of likely N-dealkylation sites (tertiary alicyclic amines) is 1. The fraction of sp³-hybridized carbons (Fsp3) is 0.579. The van der Waals surface area contributed by atoms with Gasteiger partial charge in [-0.15, -0.1) is 0 Å². The lowest BCUT2D eigenvalue weighted by Crippen LogP contribution is -2.38. The van der Waals surface area contributed by atoms with E-state index in [9.17, 15) is 9.59 Å². The Kier molecular flexibility index (Phi) is 6.82. The van der Waals surface area contributed by atoms with Crippen LogP contribution in [0.5, 0.6) is 0 Å². The highest BCUT2D eigenvalue weighted by Crippen LogP contribution is 2.15. The molecule has 6 nitrogen and oxygen atoms in total. The number of amides is 2. The molecule has 2 amide bonds. The summed E-state index contributed by atoms with van der Waals surface area (Å²) in [5, 5.41) is 5.76. The number of ether oxygens (including phenoxy) is 1. The van der Waals surface area contributed by atoms with Gasteiger partial charge in [0, 0.05) is 19.6 Å². The van der Waals surface area contributed by atoms with E-state index < -0.39 is 5.60 Å². The standard InChI is InChI=1S/C19H29N3O3/c1-19(2,3)25-18(24)21-12-16-9-10-22(13-16)14-17(23)20-11-15-7-5-4-6-8-15/h4-8,16H,9-14H2,1-3H3,(H,20,23)(H,21,24)/t16-/m0/s1. The van der Waals surface area contributed by atoms with Gasteiger partial charge in [0.25, 0.3) is 0 Å². The third kappa shape index (κ3) is 7.56. The van der Waals surface area contributed by atoms with Gasteiger partial charge in [0.05, 0.1) is 6.54 Å². The van der Waals surface area contributed by atoms with Crippen molar-refractivity contribution in [3.05, 3.63) is 35.9 Å². The van der Waals surface area contributed by atoms with Gasteiger partial charge >= 0.3 is 6.09 Å². The van der Waals surface area contributed by atoms with Crippen molar-refractivity contribution in [2.45, 2.75) is 39.3 Å². The Morgan fingerprint density at radius 1 is 1.20 bits per heavy atom. The number of alkyl carbamates (subject to hydrolysis) is 1. The van der Waals surface area contributed by atoms with E-state index >= 15 is 0 Å². The van der Waals surface area contributed by atoms with Crippen molar-refractivity contribution in [2.24, 2.45) is 5.92 Å². The van der Waals surface area contributed by atoms with Crippen molar-refractivity contribution in [3.63, 3.8) is 0 Å². The summed E-state index contributed by atoms with van der Waals surface area (Å²) >= 11 is 0. The summed E-state index contributed by atoms with van der Waals surface area (Å²) in [4.78, 5) is 25.9. The molecule has 0 aromatic heterocycles. The molecule has 1 aliphatic heterocycles. The van der Waals surface area contributed by atoms with Gasteiger partial charge in [0.2, 0.25) is 5.91 Å². The number of hydrogen-bond acceptors (Lipinski definition) is 4. The lowest BCUT2D eigenvalue weighted by Gasteiger charge is -2.21. The number of benzene rings is 1. The second kappa shape index (κ2) is 8.85. The van der Waals surface area contributed by atoms with Gasteiger partial charge in [-0.3, -0.25) is 9.69 Å². The Balaban J connectivity index is 1.63. The SMILES string of the molecule is CC(C)(C)OC(=O)NC[C@@H]1CCN(CC(=O)NCc2ccccc2)C1. The Morgan fingerprint density at radius 2 is 1.92 bits per heavy atom. The van der Waals surface area contributed by atoms with Gasteiger partial charge in [0.15, 0.2) is 0 Å². The highest BCUT2D eigenvalue weighted by Gasteiger charge is 2.25. The normalized spacial score (nSPS) is 18.0. The van der Waals surface area contributed by atoms with Crippen LogP contribution in [0.4, 0.5) is 4.79 Å². The Labute approximate surface area is 149 Å². The number of nitrogens with zero attached hydrogens (tertiary/aromatic N) is 1. The molecule has 1 fully saturated rings. The van der Waals surface area contributed by atoms with E-state index in [0.29, 0.717) is 25.6 Å². The maximum Gasteiger partial charge on any atom is 0.407 e. The topological polar surface area (TPSA) is 70.7 Å². The van der Waals surface area contributed by atoms with Crippen LogP contribution >= 0.6 is 0 Å². The average Bonchev–Trinajstić information content (AvgIpc) is 2.98. The van der Waals surface area contributed by atoms with Gasteiger partial charge in [-0.05, 0) is 45.2 Å². The number of carbonyl (C=O) groups is 2. The molecule has 0 aliphatic carbocycles. The number of hydrogen-bond donors (Lipinski definition) is 2. The summed E-state index contributed by atoms with van der Waals surface area (Å²) in [6.07, 6.45) is 0.591. The highest BCUT2D eigenvalue weighted by molar-refractivity contribution is 5.78. The smallest absolute Gasteiger partial charge is 0.407 e. The third-order valence-electron chi connectivity index (χ3n) is 4.00. The van der Waals surface area contributed by atoms with Crippen molar-refractivity contribution in [3.8, 4) is 0 Å². The molecule has 1 atom stereocenters. The van der Waals surface area contributed by atoms with Crippen molar-refractivity contribution < 1.29 is 14.3 Å². The second-order valence-electron chi connectivity index (χ2n) is 7.53. The van der Waals surface area contributed by atoms with Gasteiger partial charge < -0.3 is 15.4 Å². The fourth-order valence-corrected chi connectivity index (χ4v) is 2.82. The summed E-state index contributed by atoms with van der Waals surface area (Å²) in [5.74, 6) is 0.388. The highest BCUT2D eigenvalue weighted by atomic mass is 16.6. The molecule has 2 N–H and O–H groups in total. The van der Waals surface area contributed by atoms with Crippen LogP contribution < -0.4 is 10.6 Å². The summed E-state index contributed by atoms with van der Waals surface area (Å²) in [5.41, 5.74) is 0.611. The van der Waals surface area contributed by atoms with E-state index in [1.54, 1.807) is 0 Å². The van der Waals surface area contributed by atoms with Crippen molar-refractivity contribution in [2.75, 3.05) is 26.2 Å². The molecule has 0 spiro atoms. The molecule has 1 heterocycles. The molecular weight excluding hydrogens is 318 g/mol. The van der Waals surface area contributed by atoms with Crippen molar-refractivity contribution in [1.29, 1.82) is 0 Å². The van der Waals surface area contributed by atoms with E-state index in [1.165, 1.54) is 0 Å². The van der Waals surface area contributed by atoms with Gasteiger partial charge in [-0.2, -0.15) is 0 Å². The van der Waals surface area contributed by atoms with Crippen LogP contribution in [0.3, 0.4) is 0 Å². The molecule has 138 valence electrons. The van der Waals surface area contributed by atoms with E-state index in [0.717, 1.165) is 25.1 Å². The van der Waals surface area contributed by atoms with E-state index in [1.807, 2.05) is 51.1 Å². The maximum absolute atomic E-state index is 12.1. The van der Waals surface area contributed by atoms with Crippen LogP contribution in [0.2, 0.25) is 0 Å². The number of nitrogens with one attached hydrogen (secondary N) is 2. The largest absolute Gasteiger partial charge is 0.444 e. The van der Waals surface area contributed by atoms with Gasteiger partial charge in [-0.25, -0.2) is 4.79 Å². The fourth-order valence-electron chi connectivity index (χ4n) is 2.82. The zero-order valence-corrected chi connectivity index (χ0v) is 15.4. The van der Waals surface area contributed by atoms with Gasteiger partial charge in [-0.1, -0.05) is 30.3 Å². The number of rotatable bonds is 6. The molecule has 1 saturated heterocycles. The predicted octanol–water partition coefficient (Wildman–Crippen LogP) is 2.15. The molecule has 1 aromatic carbocycles. The Morgan fingerprint density at radius 3 is 2.60 bits per heavy atom. The monoisotopic (exact) mass is 347 g/mol. The van der Waals surface area contributed by atoms with Crippen LogP contribution in [0.15, 0.2) is 30.3 Å². The van der Waals surface area contributed by atoms with Crippen LogP contribution in [-0.4, -0.2) is 48.7 Å². The first-order chi connectivity index (χ1) is 11.8. The van der Waals surface area contributed by atoms with Crippen LogP contribution in [0.25, 0.3) is 0 Å². The first-order valence-electron chi connectivity index (χ1n) is 8.81. The maximum atomic E-state index is 12.1. The summed E-state index contributed by atoms with van der Waals surface area (Å²) in [6.45, 7) is 8.76. The van der Waals surface area contributed by atoms with Crippen LogP contribution in [-0.2, 0) is 16.1 Å². The average molecular weight is 347 g/mol. The molecule has 25 heavy (non-hydrogen) atoms. The molecule has 6 heteroatoms. The first kappa shape index (κ1) is 19.2. The molecular formula is C19H29N3O3. The summed E-state index contributed by atoms with van der Waals surface area (Å²) < 4.78 is 5.24. The van der Waals surface area contributed by atoms with Crippen LogP contribution in [0, 0.1) is 5.92 Å². The lowest BCUT2D eigenvalue weighted by molar-refractivity contribution is -0.122. The summed E-state index contributed by atoms with van der Waals surface area (Å²) in [6, 6.07) is 9.87. The van der Waals surface area contributed by atoms with E-state index in [2.05, 4.69) is 15.5 Å². The molecule has 0 saturated carbocycles. The van der Waals surface area contributed by atoms with Gasteiger partial charge in [0.1, 0.15) is 5.60 Å². The minimum atomic E-state index is -0.483. The zero-order chi connectivity index (χ0) is 18.3. The third-order valence-corrected chi connectivity index (χ3v) is 4.00. The first-order valence-corrected chi connectivity index (χ1v) is 8.81. The molecule has 0 radical (unpaired) electrons. The van der Waals surface area contributed by atoms with E-state index in [4.69, 9.17) is 4.74 Å². The second-order valence-corrected chi connectivity index (χ2v) is 7.53. The van der Waals surface area contributed by atoms with Crippen LogP contribution in [0.1, 0.15) is 32.8 Å². The lowest BCUT2D eigenvalue weighted by atomic mass is 10.1.